The van der Waals surface area contributed by atoms with Gasteiger partial charge >= 0.3 is 0 Å². The molecule has 4 fully saturated rings. The minimum Gasteiger partial charge on any atom is -0.550 e. The van der Waals surface area contributed by atoms with Crippen LogP contribution in [0.25, 0.3) is 0 Å². The molecule has 47 heavy (non-hydrogen) atoms. The molecule has 0 radical (unpaired) electrons. The Bertz CT molecular complexity index is 858. The summed E-state index contributed by atoms with van der Waals surface area (Å²) < 4.78 is 0. The lowest BCUT2D eigenvalue weighted by Gasteiger charge is -2.63. The number of carboxylic acid groups (broad SMARTS) is 1. The molecule has 0 bridgehead atoms. The van der Waals surface area contributed by atoms with Crippen molar-refractivity contribution in [3.05, 3.63) is 0 Å². The van der Waals surface area contributed by atoms with Crippen molar-refractivity contribution in [2.24, 2.45) is 46.3 Å². The maximum absolute atomic E-state index is 11.5. The third-order valence-electron chi connectivity index (χ3n) is 13.9. The predicted octanol–water partition coefficient (Wildman–Crippen LogP) is 6.00. The minimum atomic E-state index is -0.998. The molecule has 0 unspecified atom stereocenters. The lowest BCUT2D eigenvalue weighted by Crippen LogP contribution is -2.62. The van der Waals surface area contributed by atoms with Gasteiger partial charge in [0.25, 0.3) is 0 Å². The molecule has 4 aliphatic rings. The van der Waals surface area contributed by atoms with Crippen molar-refractivity contribution in [1.82, 2.24) is 0 Å². The molecule has 0 aromatic heterocycles. The Morgan fingerprint density at radius 2 is 1.36 bits per heavy atom. The van der Waals surface area contributed by atoms with E-state index in [9.17, 15) is 25.2 Å². The van der Waals surface area contributed by atoms with Crippen molar-refractivity contribution in [2.45, 2.75) is 194 Å². The Morgan fingerprint density at radius 1 is 0.809 bits per heavy atom. The van der Waals surface area contributed by atoms with Crippen LogP contribution in [0.4, 0.5) is 0 Å². The molecule has 0 spiro atoms. The molecule has 0 aromatic rings. The van der Waals surface area contributed by atoms with Gasteiger partial charge in [0.05, 0.1) is 24.9 Å². The maximum atomic E-state index is 11.5. The van der Waals surface area contributed by atoms with Crippen LogP contribution in [-0.4, -0.2) is 51.6 Å². The van der Waals surface area contributed by atoms with Crippen LogP contribution in [0.3, 0.4) is 0 Å². The Kier molecular flexibility index (Phi) is 18.8. The van der Waals surface area contributed by atoms with Gasteiger partial charge in [-0.1, -0.05) is 105 Å². The van der Waals surface area contributed by atoms with Crippen LogP contribution in [0.2, 0.25) is 0 Å². The lowest BCUT2D eigenvalue weighted by atomic mass is 9.43. The second-order valence-electron chi connectivity index (χ2n) is 16.9. The number of fused-ring (bicyclic) bond motifs is 5. The standard InChI is InChI=1S/C24H40O5.C16H35N.H2O/c1-13(4-7-21(28)29)16-5-6-17-22-18(12-20(27)24(16,17)3)23(2)9-8-15(25)10-14(23)11-19(22)26;1-2-3-4-5-6-7-8-9-10-11-12-13-14-15-16-17;/h13-20,22,25-27H,4-12H2,1-3H3,(H,28,29);2-17H2,1H3;1H2/t13-,14+,15-,16-,17+,18+,19-,20+,22+,23+,24-;;/m1../s1. The zero-order chi connectivity index (χ0) is 33.7. The van der Waals surface area contributed by atoms with E-state index in [-0.39, 0.29) is 58.6 Å². The molecule has 4 saturated carbocycles. The first kappa shape index (κ1) is 42.4. The van der Waals surface area contributed by atoms with Crippen molar-refractivity contribution >= 4 is 5.97 Å². The summed E-state index contributed by atoms with van der Waals surface area (Å²) in [6, 6.07) is 0. The Balaban J connectivity index is 0.000000370. The van der Waals surface area contributed by atoms with Gasteiger partial charge in [0.1, 0.15) is 0 Å². The van der Waals surface area contributed by atoms with Crippen LogP contribution >= 0.6 is 0 Å². The van der Waals surface area contributed by atoms with E-state index in [0.29, 0.717) is 18.3 Å². The molecule has 8 N–H and O–H groups in total. The first-order chi connectivity index (χ1) is 22.0. The predicted molar refractivity (Wildman–Crippen MR) is 189 cm³/mol. The number of aliphatic hydroxyl groups is 3. The minimum absolute atomic E-state index is 0. The number of aliphatic hydroxyl groups excluding tert-OH is 3. The quantitative estimate of drug-likeness (QED) is 0.132. The molecule has 278 valence electrons. The van der Waals surface area contributed by atoms with Crippen LogP contribution in [0.15, 0.2) is 0 Å². The van der Waals surface area contributed by atoms with E-state index in [1.165, 1.54) is 89.9 Å². The average Bonchev–Trinajstić information content (AvgIpc) is 3.38. The summed E-state index contributed by atoms with van der Waals surface area (Å²) >= 11 is 0. The van der Waals surface area contributed by atoms with Gasteiger partial charge in [0, 0.05) is 5.97 Å². The largest absolute Gasteiger partial charge is 0.550 e. The number of carbonyl (C=O) groups excluding carboxylic acids is 1. The zero-order valence-corrected chi connectivity index (χ0v) is 31.0. The van der Waals surface area contributed by atoms with Crippen molar-refractivity contribution < 1.29 is 36.4 Å². The average molecular weight is 668 g/mol. The van der Waals surface area contributed by atoms with Gasteiger partial charge in [0.15, 0.2) is 0 Å². The molecule has 4 aliphatic carbocycles. The summed E-state index contributed by atoms with van der Waals surface area (Å²) in [6.07, 6.45) is 25.9. The Labute approximate surface area is 288 Å². The molecule has 4 rings (SSSR count). The number of hydrogen-bond donors (Lipinski definition) is 4. The molecule has 0 saturated heterocycles. The highest BCUT2D eigenvalue weighted by Gasteiger charge is 2.65. The van der Waals surface area contributed by atoms with Crippen molar-refractivity contribution in [3.8, 4) is 0 Å². The monoisotopic (exact) mass is 668 g/mol. The van der Waals surface area contributed by atoms with Crippen LogP contribution in [0.5, 0.6) is 0 Å². The van der Waals surface area contributed by atoms with E-state index < -0.39 is 12.1 Å². The highest BCUT2D eigenvalue weighted by molar-refractivity contribution is 5.64. The summed E-state index contributed by atoms with van der Waals surface area (Å²) in [7, 11) is 0. The van der Waals surface area contributed by atoms with Crippen molar-refractivity contribution in [2.75, 3.05) is 6.54 Å². The Morgan fingerprint density at radius 3 is 1.89 bits per heavy atom. The number of carbonyl (C=O) groups is 1. The van der Waals surface area contributed by atoms with E-state index in [1.807, 2.05) is 0 Å². The summed E-state index contributed by atoms with van der Waals surface area (Å²) in [6.45, 7) is 10.1. The molecular weight excluding hydrogens is 590 g/mol. The van der Waals surface area contributed by atoms with E-state index in [2.05, 4.69) is 33.4 Å². The van der Waals surface area contributed by atoms with Crippen molar-refractivity contribution in [3.63, 3.8) is 0 Å². The first-order valence-electron chi connectivity index (χ1n) is 20.0. The number of aliphatic carboxylic acids is 1. The van der Waals surface area contributed by atoms with E-state index in [4.69, 9.17) is 0 Å². The highest BCUT2D eigenvalue weighted by Crippen LogP contribution is 2.68. The molecular formula is C40H77NO6. The second-order valence-corrected chi connectivity index (χ2v) is 16.9. The van der Waals surface area contributed by atoms with Gasteiger partial charge in [-0.05, 0) is 117 Å². The second kappa shape index (κ2) is 20.8. The maximum Gasteiger partial charge on any atom is 0.0739 e. The smallest absolute Gasteiger partial charge is 0.0739 e. The van der Waals surface area contributed by atoms with E-state index in [0.717, 1.165) is 51.5 Å². The third-order valence-corrected chi connectivity index (χ3v) is 13.9. The van der Waals surface area contributed by atoms with Crippen LogP contribution in [-0.2, 0) is 4.79 Å². The van der Waals surface area contributed by atoms with Gasteiger partial charge in [0.2, 0.25) is 0 Å². The fourth-order valence-electron chi connectivity index (χ4n) is 11.0. The first-order valence-corrected chi connectivity index (χ1v) is 20.0. The number of carboxylic acids is 1. The molecule has 0 heterocycles. The van der Waals surface area contributed by atoms with Gasteiger partial charge in [-0.25, -0.2) is 0 Å². The number of hydrogen-bond acceptors (Lipinski definition) is 5. The fraction of sp³-hybridized carbons (Fsp3) is 0.975. The van der Waals surface area contributed by atoms with Gasteiger partial charge in [-0.15, -0.1) is 0 Å². The molecule has 7 heteroatoms. The van der Waals surface area contributed by atoms with Crippen LogP contribution in [0.1, 0.15) is 175 Å². The van der Waals surface area contributed by atoms with Gasteiger partial charge < -0.3 is 36.4 Å². The normalized spacial score (nSPS) is 36.6. The van der Waals surface area contributed by atoms with Crippen LogP contribution in [0, 0.1) is 46.3 Å². The number of rotatable bonds is 18. The number of unbranched alkanes of at least 4 members (excludes halogenated alkanes) is 13. The summed E-state index contributed by atoms with van der Waals surface area (Å²) in [4.78, 5) is 11.0. The summed E-state index contributed by atoms with van der Waals surface area (Å²) in [5.74, 6) is 0.635. The van der Waals surface area contributed by atoms with E-state index in [1.54, 1.807) is 0 Å². The highest BCUT2D eigenvalue weighted by atomic mass is 16.4. The topological polar surface area (TPSA) is 160 Å². The lowest BCUT2D eigenvalue weighted by molar-refractivity contribution is -0.368. The summed E-state index contributed by atoms with van der Waals surface area (Å²) in [5, 5.41) is 43.9. The van der Waals surface area contributed by atoms with Crippen LogP contribution < -0.4 is 10.8 Å². The Hall–Kier alpha value is -0.730. The SMILES string of the molecule is CCCCCCCCCCCCCCCC[NH3+].C[C@H](CCC(=O)[O-])[C@H]1CC[C@H]2[C@@H]3[C@H](O)C[C@@H]4C[C@H](O)CC[C@]4(C)[C@H]3C[C@H](O)[C@]12C.O. The molecule has 7 nitrogen and oxygen atoms in total. The fourth-order valence-corrected chi connectivity index (χ4v) is 11.0. The summed E-state index contributed by atoms with van der Waals surface area (Å²) in [5.41, 5.74) is 3.71. The third kappa shape index (κ3) is 11.1. The van der Waals surface area contributed by atoms with Gasteiger partial charge in [-0.2, -0.15) is 0 Å². The van der Waals surface area contributed by atoms with E-state index >= 15 is 0 Å². The molecule has 0 amide bonds. The van der Waals surface area contributed by atoms with Gasteiger partial charge in [-0.3, -0.25) is 0 Å². The number of quaternary nitrogens is 1. The van der Waals surface area contributed by atoms with Crippen molar-refractivity contribution in [1.29, 1.82) is 0 Å². The molecule has 0 aromatic carbocycles. The molecule has 0 aliphatic heterocycles. The molecule has 11 atom stereocenters. The zero-order valence-electron chi connectivity index (χ0n) is 31.0.